The number of rotatable bonds is 7. The number of hydrogen-bond donors (Lipinski definition) is 0. The van der Waals surface area contributed by atoms with E-state index in [1.165, 1.54) is 15.5 Å². The summed E-state index contributed by atoms with van der Waals surface area (Å²) < 4.78 is 6.49. The maximum Gasteiger partial charge on any atom is 0.325 e. The van der Waals surface area contributed by atoms with Crippen molar-refractivity contribution in [1.29, 1.82) is 0 Å². The topological polar surface area (TPSA) is 68.6 Å². The highest BCUT2D eigenvalue weighted by atomic mass is 16.5. The van der Waals surface area contributed by atoms with Gasteiger partial charge in [-0.25, -0.2) is 0 Å². The van der Waals surface area contributed by atoms with Gasteiger partial charge in [-0.05, 0) is 44.4 Å². The molecule has 0 unspecified atom stereocenters. The molecule has 0 bridgehead atoms. The second kappa shape index (κ2) is 8.20. The summed E-state index contributed by atoms with van der Waals surface area (Å²) in [4.78, 5) is 39.1. The van der Waals surface area contributed by atoms with Crippen LogP contribution in [0.5, 0.6) is 0 Å². The number of ether oxygens (including phenoxy) is 1. The molecule has 1 aliphatic rings. The van der Waals surface area contributed by atoms with Crippen LogP contribution in [0.15, 0.2) is 47.4 Å². The Morgan fingerprint density at radius 3 is 2.67 bits per heavy atom. The van der Waals surface area contributed by atoms with Crippen molar-refractivity contribution in [2.45, 2.75) is 39.3 Å². The van der Waals surface area contributed by atoms with Crippen molar-refractivity contribution < 1.29 is 14.3 Å². The highest BCUT2D eigenvalue weighted by molar-refractivity contribution is 5.96. The molecule has 1 saturated carbocycles. The Morgan fingerprint density at radius 2 is 2.00 bits per heavy atom. The highest BCUT2D eigenvalue weighted by Gasteiger charge is 2.35. The third-order valence-electron chi connectivity index (χ3n) is 4.54. The van der Waals surface area contributed by atoms with Crippen LogP contribution in [0.4, 0.5) is 0 Å². The molecule has 142 valence electrons. The zero-order valence-corrected chi connectivity index (χ0v) is 15.7. The van der Waals surface area contributed by atoms with Crippen LogP contribution in [-0.4, -0.2) is 40.5 Å². The standard InChI is InChI=1S/C21H24N2O4/c1-3-27-19(24)14-23(17-9-10-17)21(26)18-8-5-11-22(20(18)25)13-16-7-4-6-15(2)12-16/h4-8,11-12,17H,3,9-10,13-14H2,1-2H3. The van der Waals surface area contributed by atoms with Crippen molar-refractivity contribution in [3.63, 3.8) is 0 Å². The van der Waals surface area contributed by atoms with Crippen LogP contribution in [0.2, 0.25) is 0 Å². The highest BCUT2D eigenvalue weighted by Crippen LogP contribution is 2.27. The van der Waals surface area contributed by atoms with Gasteiger partial charge in [-0.1, -0.05) is 29.8 Å². The first kappa shape index (κ1) is 18.9. The molecule has 3 rings (SSSR count). The lowest BCUT2D eigenvalue weighted by atomic mass is 10.1. The third kappa shape index (κ3) is 4.64. The van der Waals surface area contributed by atoms with E-state index in [-0.39, 0.29) is 30.3 Å². The van der Waals surface area contributed by atoms with Crippen LogP contribution in [-0.2, 0) is 16.1 Å². The minimum Gasteiger partial charge on any atom is -0.465 e. The molecule has 0 N–H and O–H groups in total. The number of carbonyl (C=O) groups is 2. The quantitative estimate of drug-likeness (QED) is 0.704. The summed E-state index contributed by atoms with van der Waals surface area (Å²) in [6.45, 7) is 4.25. The monoisotopic (exact) mass is 368 g/mol. The van der Waals surface area contributed by atoms with Crippen LogP contribution < -0.4 is 5.56 Å². The lowest BCUT2D eigenvalue weighted by Gasteiger charge is -2.21. The maximum atomic E-state index is 13.0. The summed E-state index contributed by atoms with van der Waals surface area (Å²) >= 11 is 0. The van der Waals surface area contributed by atoms with Gasteiger partial charge in [0.1, 0.15) is 12.1 Å². The second-order valence-corrected chi connectivity index (χ2v) is 6.81. The number of nitrogens with zero attached hydrogens (tertiary/aromatic N) is 2. The fourth-order valence-corrected chi connectivity index (χ4v) is 3.08. The number of aryl methyl sites for hydroxylation is 1. The molecule has 6 nitrogen and oxygen atoms in total. The molecule has 6 heteroatoms. The number of hydrogen-bond acceptors (Lipinski definition) is 4. The summed E-state index contributed by atoms with van der Waals surface area (Å²) in [6, 6.07) is 11.1. The molecule has 1 aliphatic carbocycles. The Balaban J connectivity index is 1.84. The largest absolute Gasteiger partial charge is 0.465 e. The molecule has 0 aliphatic heterocycles. The fourth-order valence-electron chi connectivity index (χ4n) is 3.08. The van der Waals surface area contributed by atoms with E-state index < -0.39 is 11.9 Å². The average molecular weight is 368 g/mol. The van der Waals surface area contributed by atoms with E-state index in [0.29, 0.717) is 6.54 Å². The SMILES string of the molecule is CCOC(=O)CN(C(=O)c1cccn(Cc2cccc(C)c2)c1=O)C1CC1. The van der Waals surface area contributed by atoms with E-state index >= 15 is 0 Å². The normalized spacial score (nSPS) is 13.3. The molecule has 1 aromatic heterocycles. The van der Waals surface area contributed by atoms with Crippen molar-refractivity contribution >= 4 is 11.9 Å². The number of esters is 1. The fraction of sp³-hybridized carbons (Fsp3) is 0.381. The first-order valence-electron chi connectivity index (χ1n) is 9.21. The molecular formula is C21H24N2O4. The predicted molar refractivity (Wildman–Crippen MR) is 102 cm³/mol. The molecule has 0 spiro atoms. The number of pyridine rings is 1. The van der Waals surface area contributed by atoms with E-state index in [1.807, 2.05) is 31.2 Å². The Bertz CT molecular complexity index is 899. The van der Waals surface area contributed by atoms with Crippen molar-refractivity contribution in [2.24, 2.45) is 0 Å². The summed E-state index contributed by atoms with van der Waals surface area (Å²) in [5, 5.41) is 0. The first-order valence-corrected chi connectivity index (χ1v) is 9.21. The molecule has 1 amide bonds. The van der Waals surface area contributed by atoms with Crippen molar-refractivity contribution in [3.05, 3.63) is 69.6 Å². The van der Waals surface area contributed by atoms with Gasteiger partial charge in [0.05, 0.1) is 13.2 Å². The van der Waals surface area contributed by atoms with Gasteiger partial charge in [0, 0.05) is 12.2 Å². The van der Waals surface area contributed by atoms with Gasteiger partial charge < -0.3 is 14.2 Å². The van der Waals surface area contributed by atoms with Crippen LogP contribution in [0, 0.1) is 6.92 Å². The van der Waals surface area contributed by atoms with Gasteiger partial charge in [-0.3, -0.25) is 14.4 Å². The molecule has 27 heavy (non-hydrogen) atoms. The van der Waals surface area contributed by atoms with E-state index in [0.717, 1.165) is 24.0 Å². The average Bonchev–Trinajstić information content (AvgIpc) is 3.46. The summed E-state index contributed by atoms with van der Waals surface area (Å²) in [7, 11) is 0. The molecule has 1 heterocycles. The minimum absolute atomic E-state index is 0.00624. The van der Waals surface area contributed by atoms with Crippen molar-refractivity contribution in [1.82, 2.24) is 9.47 Å². The molecular weight excluding hydrogens is 344 g/mol. The molecule has 0 radical (unpaired) electrons. The molecule has 1 aromatic carbocycles. The lowest BCUT2D eigenvalue weighted by molar-refractivity contribution is -0.144. The summed E-state index contributed by atoms with van der Waals surface area (Å²) in [6.07, 6.45) is 3.36. The molecule has 0 atom stereocenters. The lowest BCUT2D eigenvalue weighted by Crippen LogP contribution is -2.41. The van der Waals surface area contributed by atoms with E-state index in [1.54, 1.807) is 19.2 Å². The zero-order chi connectivity index (χ0) is 19.4. The third-order valence-corrected chi connectivity index (χ3v) is 4.54. The second-order valence-electron chi connectivity index (χ2n) is 6.81. The van der Waals surface area contributed by atoms with Crippen LogP contribution >= 0.6 is 0 Å². The minimum atomic E-state index is -0.450. The van der Waals surface area contributed by atoms with Gasteiger partial charge in [-0.2, -0.15) is 0 Å². The Hall–Kier alpha value is -2.89. The van der Waals surface area contributed by atoms with Gasteiger partial charge in [0.2, 0.25) is 0 Å². The summed E-state index contributed by atoms with van der Waals surface area (Å²) in [5.41, 5.74) is 1.84. The van der Waals surface area contributed by atoms with E-state index in [9.17, 15) is 14.4 Å². The Kier molecular flexibility index (Phi) is 5.74. The summed E-state index contributed by atoms with van der Waals surface area (Å²) in [5.74, 6) is -0.858. The molecule has 1 fully saturated rings. The Labute approximate surface area is 158 Å². The van der Waals surface area contributed by atoms with Crippen LogP contribution in [0.3, 0.4) is 0 Å². The smallest absolute Gasteiger partial charge is 0.325 e. The van der Waals surface area contributed by atoms with Crippen molar-refractivity contribution in [3.8, 4) is 0 Å². The zero-order valence-electron chi connectivity index (χ0n) is 15.7. The van der Waals surface area contributed by atoms with Crippen LogP contribution in [0.25, 0.3) is 0 Å². The van der Waals surface area contributed by atoms with E-state index in [4.69, 9.17) is 4.74 Å². The van der Waals surface area contributed by atoms with Gasteiger partial charge in [0.15, 0.2) is 0 Å². The maximum absolute atomic E-state index is 13.0. The molecule has 2 aromatic rings. The number of benzene rings is 1. The predicted octanol–water partition coefficient (Wildman–Crippen LogP) is 2.37. The Morgan fingerprint density at radius 1 is 1.22 bits per heavy atom. The van der Waals surface area contributed by atoms with Crippen molar-refractivity contribution in [2.75, 3.05) is 13.2 Å². The van der Waals surface area contributed by atoms with Gasteiger partial charge in [0.25, 0.3) is 11.5 Å². The number of aromatic nitrogens is 1. The van der Waals surface area contributed by atoms with Gasteiger partial charge >= 0.3 is 5.97 Å². The van der Waals surface area contributed by atoms with Crippen LogP contribution in [0.1, 0.15) is 41.3 Å². The number of amides is 1. The number of carbonyl (C=O) groups excluding carboxylic acids is 2. The first-order chi connectivity index (χ1) is 13.0. The van der Waals surface area contributed by atoms with E-state index in [2.05, 4.69) is 0 Å². The van der Waals surface area contributed by atoms with Gasteiger partial charge in [-0.15, -0.1) is 0 Å². The molecule has 0 saturated heterocycles.